The number of hydrogen-bond donors (Lipinski definition) is 1. The first-order valence-corrected chi connectivity index (χ1v) is 3.66. The third-order valence-corrected chi connectivity index (χ3v) is 1.44. The summed E-state index contributed by atoms with van der Waals surface area (Å²) in [5.74, 6) is 1.46. The normalized spacial score (nSPS) is 9.67. The summed E-state index contributed by atoms with van der Waals surface area (Å²) in [6.45, 7) is 0. The number of aromatic amines is 1. The summed E-state index contributed by atoms with van der Waals surface area (Å²) in [7, 11) is 0. The molecule has 0 unspecified atom stereocenters. The Morgan fingerprint density at radius 2 is 2.00 bits per heavy atom. The number of nitrogens with zero attached hydrogens (tertiary/aromatic N) is 1. The second-order valence-electron chi connectivity index (χ2n) is 2.33. The van der Waals surface area contributed by atoms with Crippen LogP contribution in [0.2, 0.25) is 0 Å². The fourth-order valence-electron chi connectivity index (χ4n) is 0.914. The summed E-state index contributed by atoms with van der Waals surface area (Å²) < 4.78 is 5.40. The van der Waals surface area contributed by atoms with Crippen LogP contribution in [0.1, 0.15) is 0 Å². The molecule has 1 aromatic heterocycles. The van der Waals surface area contributed by atoms with Crippen LogP contribution in [0.4, 0.5) is 0 Å². The third kappa shape index (κ3) is 1.45. The van der Waals surface area contributed by atoms with Crippen molar-refractivity contribution in [1.82, 2.24) is 9.97 Å². The lowest BCUT2D eigenvalue weighted by atomic mass is 10.3. The van der Waals surface area contributed by atoms with Crippen molar-refractivity contribution < 1.29 is 4.74 Å². The van der Waals surface area contributed by atoms with E-state index in [4.69, 9.17) is 4.74 Å². The Morgan fingerprint density at radius 3 is 2.67 bits per heavy atom. The molecule has 2 aromatic rings. The van der Waals surface area contributed by atoms with Crippen molar-refractivity contribution in [3.05, 3.63) is 42.9 Å². The molecule has 0 amide bonds. The maximum absolute atomic E-state index is 5.40. The quantitative estimate of drug-likeness (QED) is 0.731. The van der Waals surface area contributed by atoms with Gasteiger partial charge in [-0.1, -0.05) is 18.2 Å². The molecule has 3 heteroatoms. The molecule has 0 aliphatic rings. The van der Waals surface area contributed by atoms with E-state index in [1.807, 2.05) is 30.3 Å². The van der Waals surface area contributed by atoms with E-state index in [1.54, 1.807) is 12.5 Å². The number of benzene rings is 1. The van der Waals surface area contributed by atoms with Gasteiger partial charge in [-0.3, -0.25) is 0 Å². The molecule has 0 aliphatic heterocycles. The molecule has 0 saturated heterocycles. The SMILES string of the molecule is c1ccc(Oc2cnc[nH]2)cc1. The lowest BCUT2D eigenvalue weighted by Crippen LogP contribution is -1.81. The smallest absolute Gasteiger partial charge is 0.217 e. The first-order valence-electron chi connectivity index (χ1n) is 3.66. The minimum absolute atomic E-state index is 0.654. The molecule has 0 bridgehead atoms. The molecule has 0 spiro atoms. The van der Waals surface area contributed by atoms with Crippen molar-refractivity contribution in [1.29, 1.82) is 0 Å². The average molecular weight is 160 g/mol. The highest BCUT2D eigenvalue weighted by Gasteiger charge is 1.94. The van der Waals surface area contributed by atoms with Gasteiger partial charge >= 0.3 is 0 Å². The number of imidazole rings is 1. The van der Waals surface area contributed by atoms with Gasteiger partial charge in [0.1, 0.15) is 5.75 Å². The number of ether oxygens (including phenoxy) is 1. The van der Waals surface area contributed by atoms with E-state index >= 15 is 0 Å². The predicted molar refractivity (Wildman–Crippen MR) is 45.1 cm³/mol. The Bertz CT molecular complexity index is 329. The number of rotatable bonds is 2. The van der Waals surface area contributed by atoms with E-state index < -0.39 is 0 Å². The highest BCUT2D eigenvalue weighted by atomic mass is 16.5. The van der Waals surface area contributed by atoms with Gasteiger partial charge < -0.3 is 9.72 Å². The molecule has 1 heterocycles. The van der Waals surface area contributed by atoms with Crippen molar-refractivity contribution in [2.24, 2.45) is 0 Å². The predicted octanol–water partition coefficient (Wildman–Crippen LogP) is 2.20. The van der Waals surface area contributed by atoms with Gasteiger partial charge in [-0.25, -0.2) is 4.98 Å². The van der Waals surface area contributed by atoms with E-state index in [0.717, 1.165) is 5.75 Å². The highest BCUT2D eigenvalue weighted by Crippen LogP contribution is 2.16. The fourth-order valence-corrected chi connectivity index (χ4v) is 0.914. The van der Waals surface area contributed by atoms with Crippen LogP contribution in [-0.2, 0) is 0 Å². The van der Waals surface area contributed by atoms with Crippen molar-refractivity contribution in [3.63, 3.8) is 0 Å². The third-order valence-electron chi connectivity index (χ3n) is 1.44. The molecular weight excluding hydrogens is 152 g/mol. The van der Waals surface area contributed by atoms with Crippen LogP contribution in [0.3, 0.4) is 0 Å². The minimum atomic E-state index is 0.654. The molecule has 0 aliphatic carbocycles. The summed E-state index contributed by atoms with van der Waals surface area (Å²) >= 11 is 0. The molecule has 1 N–H and O–H groups in total. The summed E-state index contributed by atoms with van der Waals surface area (Å²) in [5.41, 5.74) is 0. The van der Waals surface area contributed by atoms with E-state index in [1.165, 1.54) is 0 Å². The Balaban J connectivity index is 2.15. The van der Waals surface area contributed by atoms with E-state index in [0.29, 0.717) is 5.88 Å². The zero-order chi connectivity index (χ0) is 8.23. The molecular formula is C9H8N2O. The number of para-hydroxylation sites is 1. The average Bonchev–Trinajstić information content (AvgIpc) is 2.59. The Labute approximate surface area is 70.0 Å². The zero-order valence-corrected chi connectivity index (χ0v) is 6.40. The lowest BCUT2D eigenvalue weighted by Gasteiger charge is -1.99. The van der Waals surface area contributed by atoms with Crippen LogP contribution in [0.15, 0.2) is 42.9 Å². The first-order chi connectivity index (χ1) is 5.95. The number of hydrogen-bond acceptors (Lipinski definition) is 2. The minimum Gasteiger partial charge on any atom is -0.439 e. The van der Waals surface area contributed by atoms with Crippen LogP contribution in [-0.4, -0.2) is 9.97 Å². The van der Waals surface area contributed by atoms with Gasteiger partial charge in [0.15, 0.2) is 0 Å². The van der Waals surface area contributed by atoms with Crippen LogP contribution in [0.5, 0.6) is 11.6 Å². The van der Waals surface area contributed by atoms with Gasteiger partial charge in [0.05, 0.1) is 12.5 Å². The van der Waals surface area contributed by atoms with Crippen molar-refractivity contribution in [3.8, 4) is 11.6 Å². The number of H-pyrrole nitrogens is 1. The van der Waals surface area contributed by atoms with Gasteiger partial charge in [-0.2, -0.15) is 0 Å². The lowest BCUT2D eigenvalue weighted by molar-refractivity contribution is 0.466. The Morgan fingerprint density at radius 1 is 1.17 bits per heavy atom. The van der Waals surface area contributed by atoms with Crippen LogP contribution >= 0.6 is 0 Å². The summed E-state index contributed by atoms with van der Waals surface area (Å²) in [6.07, 6.45) is 3.21. The van der Waals surface area contributed by atoms with Crippen molar-refractivity contribution in [2.75, 3.05) is 0 Å². The van der Waals surface area contributed by atoms with Crippen molar-refractivity contribution >= 4 is 0 Å². The molecule has 12 heavy (non-hydrogen) atoms. The maximum atomic E-state index is 5.40. The Hall–Kier alpha value is -1.77. The molecule has 60 valence electrons. The zero-order valence-electron chi connectivity index (χ0n) is 6.40. The summed E-state index contributed by atoms with van der Waals surface area (Å²) in [5, 5.41) is 0. The maximum Gasteiger partial charge on any atom is 0.217 e. The highest BCUT2D eigenvalue weighted by molar-refractivity contribution is 5.25. The van der Waals surface area contributed by atoms with E-state index in [2.05, 4.69) is 9.97 Å². The second kappa shape index (κ2) is 3.09. The van der Waals surface area contributed by atoms with Gasteiger partial charge in [0.2, 0.25) is 5.88 Å². The van der Waals surface area contributed by atoms with Crippen LogP contribution in [0.25, 0.3) is 0 Å². The largest absolute Gasteiger partial charge is 0.439 e. The summed E-state index contributed by atoms with van der Waals surface area (Å²) in [4.78, 5) is 6.69. The monoisotopic (exact) mass is 160 g/mol. The molecule has 3 nitrogen and oxygen atoms in total. The van der Waals surface area contributed by atoms with Crippen LogP contribution in [0, 0.1) is 0 Å². The standard InChI is InChI=1S/C9H8N2O/c1-2-4-8(5-3-1)12-9-6-10-7-11-9/h1-7H,(H,10,11). The topological polar surface area (TPSA) is 37.9 Å². The molecule has 0 saturated carbocycles. The number of nitrogens with one attached hydrogen (secondary N) is 1. The molecule has 2 rings (SSSR count). The van der Waals surface area contributed by atoms with Gasteiger partial charge in [0, 0.05) is 0 Å². The van der Waals surface area contributed by atoms with Crippen LogP contribution < -0.4 is 4.74 Å². The van der Waals surface area contributed by atoms with E-state index in [9.17, 15) is 0 Å². The van der Waals surface area contributed by atoms with Crippen molar-refractivity contribution in [2.45, 2.75) is 0 Å². The van der Waals surface area contributed by atoms with E-state index in [-0.39, 0.29) is 0 Å². The van der Waals surface area contributed by atoms with Gasteiger partial charge in [-0.05, 0) is 12.1 Å². The molecule has 1 aromatic carbocycles. The first kappa shape index (κ1) is 6.91. The molecule has 0 radical (unpaired) electrons. The van der Waals surface area contributed by atoms with Gasteiger partial charge in [-0.15, -0.1) is 0 Å². The Kier molecular flexibility index (Phi) is 1.78. The number of aromatic nitrogens is 2. The molecule has 0 atom stereocenters. The fraction of sp³-hybridized carbons (Fsp3) is 0. The van der Waals surface area contributed by atoms with Gasteiger partial charge in [0.25, 0.3) is 0 Å². The molecule has 0 fully saturated rings. The summed E-state index contributed by atoms with van der Waals surface area (Å²) in [6, 6.07) is 9.57. The second-order valence-corrected chi connectivity index (χ2v) is 2.33.